The molecule has 5 rings (SSSR count). The van der Waals surface area contributed by atoms with Crippen LogP contribution < -0.4 is 14.8 Å². The molecule has 1 aromatic carbocycles. The molecule has 2 aromatic heterocycles. The van der Waals surface area contributed by atoms with E-state index in [-0.39, 0.29) is 31.0 Å². The van der Waals surface area contributed by atoms with Gasteiger partial charge in [-0.15, -0.1) is 0 Å². The molecular weight excluding hydrogens is 434 g/mol. The van der Waals surface area contributed by atoms with Gasteiger partial charge in [-0.2, -0.15) is 5.10 Å². The van der Waals surface area contributed by atoms with Gasteiger partial charge in [0.2, 0.25) is 6.79 Å². The molecule has 1 saturated heterocycles. The minimum Gasteiger partial charge on any atom is -0.454 e. The van der Waals surface area contributed by atoms with Crippen LogP contribution in [0.1, 0.15) is 21.6 Å². The Bertz CT molecular complexity index is 1300. The van der Waals surface area contributed by atoms with Crippen LogP contribution in [0.4, 0.5) is 4.79 Å². The average molecular weight is 451 g/mol. The third kappa shape index (κ3) is 3.56. The van der Waals surface area contributed by atoms with Crippen molar-refractivity contribution in [3.05, 3.63) is 58.4 Å². The van der Waals surface area contributed by atoms with Gasteiger partial charge in [-0.3, -0.25) is 19.3 Å². The summed E-state index contributed by atoms with van der Waals surface area (Å²) in [5, 5.41) is 6.62. The lowest BCUT2D eigenvalue weighted by molar-refractivity contribution is -0.122. The number of nitrogens with one attached hydrogen (secondary N) is 1. The van der Waals surface area contributed by atoms with Crippen LogP contribution in [0, 0.1) is 6.92 Å². The topological polar surface area (TPSA) is 115 Å². The number of carbonyl (C=O) groups excluding carboxylic acids is 3. The van der Waals surface area contributed by atoms with Gasteiger partial charge in [0.15, 0.2) is 17.1 Å². The Morgan fingerprint density at radius 3 is 3.00 bits per heavy atom. The number of fused-ring (bicyclic) bond motifs is 2. The van der Waals surface area contributed by atoms with E-state index in [1.165, 1.54) is 4.52 Å². The number of imide groups is 1. The van der Waals surface area contributed by atoms with Crippen molar-refractivity contribution < 1.29 is 23.9 Å². The summed E-state index contributed by atoms with van der Waals surface area (Å²) in [5.74, 6) is 0.473. The van der Waals surface area contributed by atoms with Gasteiger partial charge < -0.3 is 14.8 Å². The second-order valence-corrected chi connectivity index (χ2v) is 8.04. The van der Waals surface area contributed by atoms with Crippen molar-refractivity contribution in [2.45, 2.75) is 6.92 Å². The Morgan fingerprint density at radius 1 is 1.28 bits per heavy atom. The maximum Gasteiger partial charge on any atom is 0.293 e. The molecule has 10 nitrogen and oxygen atoms in total. The first kappa shape index (κ1) is 20.1. The van der Waals surface area contributed by atoms with E-state index in [0.717, 1.165) is 22.2 Å². The first-order chi connectivity index (χ1) is 15.5. The number of aryl methyl sites for hydroxylation is 1. The Balaban J connectivity index is 1.24. The predicted molar refractivity (Wildman–Crippen MR) is 115 cm³/mol. The van der Waals surface area contributed by atoms with E-state index < -0.39 is 5.91 Å². The molecule has 11 heteroatoms. The Morgan fingerprint density at radius 2 is 2.12 bits per heavy atom. The molecule has 4 heterocycles. The van der Waals surface area contributed by atoms with Crippen LogP contribution in [-0.4, -0.2) is 56.4 Å². The largest absolute Gasteiger partial charge is 0.454 e. The summed E-state index contributed by atoms with van der Waals surface area (Å²) in [5.41, 5.74) is 2.07. The zero-order valence-corrected chi connectivity index (χ0v) is 17.7. The molecule has 0 saturated carbocycles. The Labute approximate surface area is 186 Å². The lowest BCUT2D eigenvalue weighted by atomic mass is 10.2. The van der Waals surface area contributed by atoms with Crippen molar-refractivity contribution in [2.24, 2.45) is 0 Å². The highest BCUT2D eigenvalue weighted by Crippen LogP contribution is 2.36. The first-order valence-corrected chi connectivity index (χ1v) is 10.6. The maximum absolute atomic E-state index is 12.7. The zero-order chi connectivity index (χ0) is 22.2. The van der Waals surface area contributed by atoms with Gasteiger partial charge in [0, 0.05) is 25.5 Å². The van der Waals surface area contributed by atoms with E-state index >= 15 is 0 Å². The van der Waals surface area contributed by atoms with E-state index in [0.29, 0.717) is 33.3 Å². The summed E-state index contributed by atoms with van der Waals surface area (Å²) in [7, 11) is 0. The second kappa shape index (κ2) is 8.00. The molecule has 0 aliphatic carbocycles. The summed E-state index contributed by atoms with van der Waals surface area (Å²) < 4.78 is 12.2. The number of ether oxygens (including phenoxy) is 2. The van der Waals surface area contributed by atoms with Crippen molar-refractivity contribution >= 4 is 40.5 Å². The first-order valence-electron chi connectivity index (χ1n) is 9.74. The molecule has 3 aromatic rings. The summed E-state index contributed by atoms with van der Waals surface area (Å²) in [6.07, 6.45) is 4.93. The van der Waals surface area contributed by atoms with Crippen LogP contribution in [0.15, 0.2) is 41.6 Å². The zero-order valence-electron chi connectivity index (χ0n) is 16.9. The molecule has 0 unspecified atom stereocenters. The van der Waals surface area contributed by atoms with Gasteiger partial charge >= 0.3 is 0 Å². The van der Waals surface area contributed by atoms with Crippen LogP contribution >= 0.6 is 11.8 Å². The average Bonchev–Trinajstić information content (AvgIpc) is 3.44. The van der Waals surface area contributed by atoms with Crippen LogP contribution in [0.3, 0.4) is 0 Å². The normalized spacial score (nSPS) is 16.4. The molecule has 0 bridgehead atoms. The number of nitrogens with zero attached hydrogens (tertiary/aromatic N) is 4. The minimum atomic E-state index is -0.402. The smallest absolute Gasteiger partial charge is 0.293 e. The molecule has 0 atom stereocenters. The summed E-state index contributed by atoms with van der Waals surface area (Å²) in [6.45, 7) is 2.05. The number of benzene rings is 1. The predicted octanol–water partition coefficient (Wildman–Crippen LogP) is 2.23. The molecule has 2 aliphatic heterocycles. The minimum absolute atomic E-state index is 0.0561. The van der Waals surface area contributed by atoms with E-state index in [1.807, 2.05) is 0 Å². The molecule has 0 spiro atoms. The number of aromatic nitrogens is 3. The molecule has 3 amide bonds. The lowest BCUT2D eigenvalue weighted by Gasteiger charge is -2.12. The van der Waals surface area contributed by atoms with E-state index in [9.17, 15) is 14.4 Å². The van der Waals surface area contributed by atoms with E-state index in [2.05, 4.69) is 15.4 Å². The fraction of sp³-hybridized carbons (Fsp3) is 0.190. The van der Waals surface area contributed by atoms with Crippen LogP contribution in [0.5, 0.6) is 11.5 Å². The van der Waals surface area contributed by atoms with Crippen molar-refractivity contribution in [3.63, 3.8) is 0 Å². The quantitative estimate of drug-likeness (QED) is 0.588. The van der Waals surface area contributed by atoms with Crippen LogP contribution in [0.25, 0.3) is 11.7 Å². The third-order valence-electron chi connectivity index (χ3n) is 4.99. The standard InChI is InChI=1S/C21H17N5O5S/c1-12-17(18-22-5-2-7-26(18)24-12)19(27)23-6-8-25-20(28)16(32-21(25)29)10-13-3-4-14-15(9-13)31-11-30-14/h2-5,7,9-10H,6,8,11H2,1H3,(H,23,27)/b16-10+. The van der Waals surface area contributed by atoms with Crippen LogP contribution in [0.2, 0.25) is 0 Å². The van der Waals surface area contributed by atoms with Gasteiger partial charge in [-0.05, 0) is 48.5 Å². The number of carbonyl (C=O) groups is 3. The summed E-state index contributed by atoms with van der Waals surface area (Å²) >= 11 is 0.861. The van der Waals surface area contributed by atoms with Crippen molar-refractivity contribution in [1.82, 2.24) is 24.8 Å². The SMILES string of the molecule is Cc1nn2cccnc2c1C(=O)NCCN1C(=O)S/C(=C/c2ccc3c(c2)OCO3)C1=O. The summed E-state index contributed by atoms with van der Waals surface area (Å²) in [6, 6.07) is 7.01. The lowest BCUT2D eigenvalue weighted by Crippen LogP contribution is -2.37. The molecule has 1 N–H and O–H groups in total. The second-order valence-electron chi connectivity index (χ2n) is 7.05. The van der Waals surface area contributed by atoms with Gasteiger partial charge in [0.25, 0.3) is 17.1 Å². The van der Waals surface area contributed by atoms with Crippen LogP contribution in [-0.2, 0) is 4.79 Å². The van der Waals surface area contributed by atoms with E-state index in [4.69, 9.17) is 9.47 Å². The maximum atomic E-state index is 12.7. The van der Waals surface area contributed by atoms with Gasteiger partial charge in [0.05, 0.1) is 10.6 Å². The fourth-order valence-electron chi connectivity index (χ4n) is 3.48. The van der Waals surface area contributed by atoms with Crippen molar-refractivity contribution in [1.29, 1.82) is 0 Å². The Kier molecular flexibility index (Phi) is 5.02. The fourth-order valence-corrected chi connectivity index (χ4v) is 4.34. The number of rotatable bonds is 5. The highest BCUT2D eigenvalue weighted by atomic mass is 32.2. The highest BCUT2D eigenvalue weighted by Gasteiger charge is 2.35. The monoisotopic (exact) mass is 451 g/mol. The number of thioether (sulfide) groups is 1. The molecular formula is C21H17N5O5S. The molecule has 32 heavy (non-hydrogen) atoms. The van der Waals surface area contributed by atoms with Crippen molar-refractivity contribution in [3.8, 4) is 11.5 Å². The molecule has 162 valence electrons. The number of hydrogen-bond donors (Lipinski definition) is 1. The van der Waals surface area contributed by atoms with Crippen molar-refractivity contribution in [2.75, 3.05) is 19.9 Å². The third-order valence-corrected chi connectivity index (χ3v) is 5.89. The Hall–Kier alpha value is -3.86. The number of hydrogen-bond acceptors (Lipinski definition) is 8. The molecule has 1 fully saturated rings. The van der Waals surface area contributed by atoms with Gasteiger partial charge in [-0.25, -0.2) is 9.50 Å². The highest BCUT2D eigenvalue weighted by molar-refractivity contribution is 8.18. The number of amides is 3. The molecule has 2 aliphatic rings. The molecule has 0 radical (unpaired) electrons. The summed E-state index contributed by atoms with van der Waals surface area (Å²) in [4.78, 5) is 43.3. The van der Waals surface area contributed by atoms with Gasteiger partial charge in [-0.1, -0.05) is 6.07 Å². The van der Waals surface area contributed by atoms with E-state index in [1.54, 1.807) is 49.7 Å². The van der Waals surface area contributed by atoms with Gasteiger partial charge in [0.1, 0.15) is 5.56 Å².